The molecule has 0 spiro atoms. The summed E-state index contributed by atoms with van der Waals surface area (Å²) in [5, 5.41) is 5.46. The molecule has 2 aromatic rings. The average Bonchev–Trinajstić information content (AvgIpc) is 3.17. The Balaban J connectivity index is 1.55. The van der Waals surface area contributed by atoms with Crippen LogP contribution in [0.15, 0.2) is 54.6 Å². The quantitative estimate of drug-likeness (QED) is 0.730. The summed E-state index contributed by atoms with van der Waals surface area (Å²) in [5.41, 5.74) is 2.29. The van der Waals surface area contributed by atoms with Crippen LogP contribution in [0.2, 0.25) is 0 Å². The minimum atomic E-state index is -0.742. The summed E-state index contributed by atoms with van der Waals surface area (Å²) in [6.07, 6.45) is 0.788. The molecule has 158 valence electrons. The Kier molecular flexibility index (Phi) is 7.06. The molecule has 7 heteroatoms. The average molecular weight is 409 g/mol. The number of amides is 3. The molecule has 2 N–H and O–H groups in total. The van der Waals surface area contributed by atoms with Gasteiger partial charge in [-0.3, -0.25) is 9.59 Å². The molecule has 1 atom stereocenters. The first kappa shape index (κ1) is 21.4. The third kappa shape index (κ3) is 5.59. The van der Waals surface area contributed by atoms with E-state index in [1.165, 1.54) is 0 Å². The van der Waals surface area contributed by atoms with Gasteiger partial charge in [0.1, 0.15) is 12.6 Å². The molecule has 0 aliphatic carbocycles. The number of carbonyl (C=O) groups is 3. The number of ether oxygens (including phenoxy) is 1. The second-order valence-corrected chi connectivity index (χ2v) is 7.61. The van der Waals surface area contributed by atoms with E-state index in [4.69, 9.17) is 4.74 Å². The van der Waals surface area contributed by atoms with Crippen LogP contribution < -0.4 is 15.5 Å². The van der Waals surface area contributed by atoms with Crippen LogP contribution in [0.4, 0.5) is 16.2 Å². The molecule has 2 aromatic carbocycles. The van der Waals surface area contributed by atoms with Crippen molar-refractivity contribution in [1.29, 1.82) is 0 Å². The first-order valence-electron chi connectivity index (χ1n) is 10.1. The fourth-order valence-electron chi connectivity index (χ4n) is 3.29. The van der Waals surface area contributed by atoms with Crippen molar-refractivity contribution in [3.8, 4) is 0 Å². The van der Waals surface area contributed by atoms with Gasteiger partial charge in [0.2, 0.25) is 11.8 Å². The Morgan fingerprint density at radius 1 is 1.07 bits per heavy atom. The zero-order chi connectivity index (χ0) is 21.5. The van der Waals surface area contributed by atoms with Crippen LogP contribution in [0.5, 0.6) is 0 Å². The number of rotatable bonds is 7. The van der Waals surface area contributed by atoms with Gasteiger partial charge in [-0.05, 0) is 42.2 Å². The van der Waals surface area contributed by atoms with Crippen molar-refractivity contribution in [3.05, 3.63) is 60.2 Å². The maximum atomic E-state index is 12.7. The largest absolute Gasteiger partial charge is 0.445 e. The summed E-state index contributed by atoms with van der Waals surface area (Å²) in [6, 6.07) is 15.7. The zero-order valence-electron chi connectivity index (χ0n) is 17.3. The van der Waals surface area contributed by atoms with E-state index < -0.39 is 12.1 Å². The number of nitrogens with one attached hydrogen (secondary N) is 2. The van der Waals surface area contributed by atoms with Crippen molar-refractivity contribution < 1.29 is 19.1 Å². The second-order valence-electron chi connectivity index (χ2n) is 7.61. The van der Waals surface area contributed by atoms with Gasteiger partial charge in [0, 0.05) is 24.3 Å². The van der Waals surface area contributed by atoms with Crippen molar-refractivity contribution in [3.63, 3.8) is 0 Å². The molecule has 1 aliphatic heterocycles. The van der Waals surface area contributed by atoms with E-state index in [1.807, 2.05) is 56.3 Å². The third-order valence-electron chi connectivity index (χ3n) is 4.96. The van der Waals surface area contributed by atoms with Gasteiger partial charge in [0.05, 0.1) is 0 Å². The van der Waals surface area contributed by atoms with Gasteiger partial charge in [-0.15, -0.1) is 0 Å². The van der Waals surface area contributed by atoms with Crippen LogP contribution in [0.25, 0.3) is 0 Å². The molecule has 0 radical (unpaired) electrons. The topological polar surface area (TPSA) is 87.7 Å². The van der Waals surface area contributed by atoms with E-state index in [0.717, 1.165) is 24.2 Å². The Morgan fingerprint density at radius 3 is 2.37 bits per heavy atom. The molecule has 0 aromatic heterocycles. The highest BCUT2D eigenvalue weighted by Gasteiger charge is 2.25. The minimum Gasteiger partial charge on any atom is -0.445 e. The molecule has 3 amide bonds. The monoisotopic (exact) mass is 409 g/mol. The molecule has 1 fully saturated rings. The van der Waals surface area contributed by atoms with Crippen molar-refractivity contribution >= 4 is 29.3 Å². The van der Waals surface area contributed by atoms with Crippen LogP contribution in [0.1, 0.15) is 32.3 Å². The lowest BCUT2D eigenvalue weighted by atomic mass is 10.0. The van der Waals surface area contributed by atoms with Gasteiger partial charge in [-0.25, -0.2) is 4.79 Å². The highest BCUT2D eigenvalue weighted by atomic mass is 16.5. The minimum absolute atomic E-state index is 0.116. The van der Waals surface area contributed by atoms with Crippen LogP contribution >= 0.6 is 0 Å². The van der Waals surface area contributed by atoms with Crippen molar-refractivity contribution in [2.45, 2.75) is 39.3 Å². The molecule has 3 rings (SSSR count). The fourth-order valence-corrected chi connectivity index (χ4v) is 3.29. The SMILES string of the molecule is CC(C)[C@H](NC(=O)OCc1ccccc1)C(=O)Nc1ccc(N2CCCC2=O)cc1. The van der Waals surface area contributed by atoms with Crippen LogP contribution in [0, 0.1) is 5.92 Å². The Hall–Kier alpha value is -3.35. The highest BCUT2D eigenvalue weighted by molar-refractivity contribution is 5.98. The van der Waals surface area contributed by atoms with E-state index >= 15 is 0 Å². The number of anilines is 2. The first-order chi connectivity index (χ1) is 14.4. The Morgan fingerprint density at radius 2 is 1.77 bits per heavy atom. The summed E-state index contributed by atoms with van der Waals surface area (Å²) in [6.45, 7) is 4.55. The van der Waals surface area contributed by atoms with Gasteiger partial charge in [0.25, 0.3) is 0 Å². The number of nitrogens with zero attached hydrogens (tertiary/aromatic N) is 1. The Labute approximate surface area is 176 Å². The van der Waals surface area contributed by atoms with Crippen molar-refractivity contribution in [1.82, 2.24) is 5.32 Å². The van der Waals surface area contributed by atoms with Crippen molar-refractivity contribution in [2.24, 2.45) is 5.92 Å². The maximum absolute atomic E-state index is 12.7. The van der Waals surface area contributed by atoms with Crippen LogP contribution in [-0.2, 0) is 20.9 Å². The van der Waals surface area contributed by atoms with E-state index in [0.29, 0.717) is 12.1 Å². The molecule has 1 aliphatic rings. The van der Waals surface area contributed by atoms with Gasteiger partial charge < -0.3 is 20.3 Å². The summed E-state index contributed by atoms with van der Waals surface area (Å²) < 4.78 is 5.22. The maximum Gasteiger partial charge on any atom is 0.408 e. The smallest absolute Gasteiger partial charge is 0.408 e. The standard InChI is InChI=1S/C23H27N3O4/c1-16(2)21(25-23(29)30-15-17-7-4-3-5-8-17)22(28)24-18-10-12-19(13-11-18)26-14-6-9-20(26)27/h3-5,7-8,10-13,16,21H,6,9,14-15H2,1-2H3,(H,24,28)(H,25,29)/t21-/m0/s1. The van der Waals surface area contributed by atoms with Crippen LogP contribution in [-0.4, -0.2) is 30.5 Å². The molecule has 0 unspecified atom stereocenters. The lowest BCUT2D eigenvalue weighted by molar-refractivity contribution is -0.119. The predicted molar refractivity (Wildman–Crippen MR) is 115 cm³/mol. The number of benzene rings is 2. The number of carbonyl (C=O) groups excluding carboxylic acids is 3. The van der Waals surface area contributed by atoms with E-state index in [9.17, 15) is 14.4 Å². The second kappa shape index (κ2) is 9.91. The number of hydrogen-bond donors (Lipinski definition) is 2. The lowest BCUT2D eigenvalue weighted by Gasteiger charge is -2.22. The van der Waals surface area contributed by atoms with Gasteiger partial charge >= 0.3 is 6.09 Å². The molecular weight excluding hydrogens is 382 g/mol. The molecule has 30 heavy (non-hydrogen) atoms. The fraction of sp³-hybridized carbons (Fsp3) is 0.348. The Bertz CT molecular complexity index is 881. The van der Waals surface area contributed by atoms with Gasteiger partial charge in [0.15, 0.2) is 0 Å². The summed E-state index contributed by atoms with van der Waals surface area (Å²) in [7, 11) is 0. The summed E-state index contributed by atoms with van der Waals surface area (Å²) in [5.74, 6) is -0.340. The molecule has 0 saturated carbocycles. The predicted octanol–water partition coefficient (Wildman–Crippen LogP) is 3.70. The number of alkyl carbamates (subject to hydrolysis) is 1. The lowest BCUT2D eigenvalue weighted by Crippen LogP contribution is -2.47. The van der Waals surface area contributed by atoms with E-state index in [1.54, 1.807) is 17.0 Å². The summed E-state index contributed by atoms with van der Waals surface area (Å²) >= 11 is 0. The van der Waals surface area contributed by atoms with Gasteiger partial charge in [-0.2, -0.15) is 0 Å². The normalized spacial score (nSPS) is 14.5. The summed E-state index contributed by atoms with van der Waals surface area (Å²) in [4.78, 5) is 38.5. The van der Waals surface area contributed by atoms with Gasteiger partial charge in [-0.1, -0.05) is 44.2 Å². The molecule has 1 heterocycles. The van der Waals surface area contributed by atoms with E-state index in [-0.39, 0.29) is 24.3 Å². The highest BCUT2D eigenvalue weighted by Crippen LogP contribution is 2.23. The molecule has 1 saturated heterocycles. The molecule has 0 bridgehead atoms. The number of hydrogen-bond acceptors (Lipinski definition) is 4. The third-order valence-corrected chi connectivity index (χ3v) is 4.96. The van der Waals surface area contributed by atoms with E-state index in [2.05, 4.69) is 10.6 Å². The van der Waals surface area contributed by atoms with Crippen molar-refractivity contribution in [2.75, 3.05) is 16.8 Å². The molecule has 7 nitrogen and oxygen atoms in total. The first-order valence-corrected chi connectivity index (χ1v) is 10.1. The zero-order valence-corrected chi connectivity index (χ0v) is 17.3. The molecular formula is C23H27N3O4. The van der Waals surface area contributed by atoms with Crippen LogP contribution in [0.3, 0.4) is 0 Å².